The summed E-state index contributed by atoms with van der Waals surface area (Å²) in [6.45, 7) is 2.49. The monoisotopic (exact) mass is 366 g/mol. The van der Waals surface area contributed by atoms with E-state index in [2.05, 4.69) is 0 Å². The molecular formula is C20H19FN4O2+2. The number of aromatic nitrogens is 4. The Labute approximate surface area is 155 Å². The van der Waals surface area contributed by atoms with Crippen molar-refractivity contribution in [1.82, 2.24) is 9.13 Å². The lowest BCUT2D eigenvalue weighted by Gasteiger charge is -2.01. The van der Waals surface area contributed by atoms with Gasteiger partial charge in [0.05, 0.1) is 0 Å². The number of aryl methyl sites for hydroxylation is 1. The van der Waals surface area contributed by atoms with E-state index < -0.39 is 5.82 Å². The van der Waals surface area contributed by atoms with Gasteiger partial charge in [-0.15, -0.1) is 0 Å². The second kappa shape index (κ2) is 6.60. The van der Waals surface area contributed by atoms with Crippen LogP contribution in [0, 0.1) is 12.7 Å². The molecular weight excluding hydrogens is 347 g/mol. The molecule has 6 nitrogen and oxygen atoms in total. The number of phenolic OH excluding ortho intramolecular Hbond substituents is 2. The first-order valence-corrected chi connectivity index (χ1v) is 8.42. The van der Waals surface area contributed by atoms with Crippen molar-refractivity contribution < 1.29 is 23.7 Å². The largest absolute Gasteiger partial charge is 0.504 e. The van der Waals surface area contributed by atoms with Crippen molar-refractivity contribution in [3.8, 4) is 22.9 Å². The molecule has 0 aliphatic heterocycles. The van der Waals surface area contributed by atoms with Crippen LogP contribution in [-0.2, 0) is 6.67 Å². The van der Waals surface area contributed by atoms with Crippen LogP contribution >= 0.6 is 0 Å². The van der Waals surface area contributed by atoms with Crippen LogP contribution in [0.4, 0.5) is 4.39 Å². The highest BCUT2D eigenvalue weighted by molar-refractivity contribution is 5.47. The van der Waals surface area contributed by atoms with Gasteiger partial charge in [0.15, 0.2) is 22.9 Å². The van der Waals surface area contributed by atoms with Gasteiger partial charge < -0.3 is 10.2 Å². The van der Waals surface area contributed by atoms with Gasteiger partial charge in [-0.1, -0.05) is 6.07 Å². The molecule has 0 saturated carbocycles. The lowest BCUT2D eigenvalue weighted by atomic mass is 10.2. The van der Waals surface area contributed by atoms with Gasteiger partial charge in [0.2, 0.25) is 6.67 Å². The third kappa shape index (κ3) is 3.39. The molecule has 2 aromatic carbocycles. The maximum atomic E-state index is 13.5. The molecule has 0 bridgehead atoms. The highest BCUT2D eigenvalue weighted by atomic mass is 19.1. The molecule has 0 amide bonds. The number of halogens is 1. The van der Waals surface area contributed by atoms with E-state index in [1.54, 1.807) is 23.2 Å². The van der Waals surface area contributed by atoms with Gasteiger partial charge >= 0.3 is 0 Å². The average Bonchev–Trinajstić information content (AvgIpc) is 3.29. The summed E-state index contributed by atoms with van der Waals surface area (Å²) in [4.78, 5) is 0. The summed E-state index contributed by atoms with van der Waals surface area (Å²) in [5.74, 6) is -0.191. The van der Waals surface area contributed by atoms with E-state index in [0.717, 1.165) is 5.56 Å². The number of phenols is 2. The predicted octanol–water partition coefficient (Wildman–Crippen LogP) is 2.21. The van der Waals surface area contributed by atoms with Gasteiger partial charge in [-0.3, -0.25) is 0 Å². The van der Waals surface area contributed by atoms with E-state index in [1.165, 1.54) is 18.2 Å². The summed E-state index contributed by atoms with van der Waals surface area (Å²) in [7, 11) is 0. The van der Waals surface area contributed by atoms with E-state index >= 15 is 0 Å². The fraction of sp³-hybridized carbons (Fsp3) is 0.100. The van der Waals surface area contributed by atoms with E-state index in [1.807, 2.05) is 57.7 Å². The molecule has 136 valence electrons. The Balaban J connectivity index is 1.58. The molecule has 0 spiro atoms. The molecule has 0 atom stereocenters. The summed E-state index contributed by atoms with van der Waals surface area (Å²) in [6.07, 6.45) is 11.0. The number of aromatic hydroxyl groups is 2. The highest BCUT2D eigenvalue weighted by Crippen LogP contribution is 2.22. The number of rotatable bonds is 4. The lowest BCUT2D eigenvalue weighted by molar-refractivity contribution is -0.912. The Morgan fingerprint density at radius 2 is 1.41 bits per heavy atom. The molecule has 0 radical (unpaired) electrons. The number of benzene rings is 2. The van der Waals surface area contributed by atoms with Gasteiger partial charge in [-0.05, 0) is 36.8 Å². The first-order valence-electron chi connectivity index (χ1n) is 8.42. The molecule has 0 unspecified atom stereocenters. The molecule has 2 aromatic heterocycles. The number of imidazole rings is 2. The Morgan fingerprint density at radius 1 is 0.852 bits per heavy atom. The third-order valence-electron chi connectivity index (χ3n) is 4.33. The number of nitrogens with zero attached hydrogens (tertiary/aromatic N) is 4. The minimum absolute atomic E-state index is 0.00730. The smallest absolute Gasteiger partial charge is 0.252 e. The Bertz CT molecular complexity index is 1030. The third-order valence-corrected chi connectivity index (χ3v) is 4.33. The number of hydrogen-bond acceptors (Lipinski definition) is 2. The summed E-state index contributed by atoms with van der Waals surface area (Å²) in [5.41, 5.74) is 2.14. The first-order chi connectivity index (χ1) is 13.0. The summed E-state index contributed by atoms with van der Waals surface area (Å²) >= 11 is 0. The van der Waals surface area contributed by atoms with Crippen molar-refractivity contribution in [3.05, 3.63) is 85.2 Å². The minimum atomic E-state index is -0.410. The predicted molar refractivity (Wildman–Crippen MR) is 95.4 cm³/mol. The maximum Gasteiger partial charge on any atom is 0.252 e. The Morgan fingerprint density at radius 3 is 2.04 bits per heavy atom. The summed E-state index contributed by atoms with van der Waals surface area (Å²) in [5, 5.41) is 20.0. The molecule has 0 fully saturated rings. The van der Waals surface area contributed by atoms with Crippen molar-refractivity contribution in [2.45, 2.75) is 13.6 Å². The minimum Gasteiger partial charge on any atom is -0.504 e. The van der Waals surface area contributed by atoms with E-state index in [9.17, 15) is 14.6 Å². The van der Waals surface area contributed by atoms with Gasteiger partial charge in [0.1, 0.15) is 30.6 Å². The molecule has 0 aliphatic carbocycles. The highest BCUT2D eigenvalue weighted by Gasteiger charge is 2.15. The van der Waals surface area contributed by atoms with Gasteiger partial charge in [0.25, 0.3) is 12.7 Å². The van der Waals surface area contributed by atoms with Gasteiger partial charge in [0, 0.05) is 6.07 Å². The lowest BCUT2D eigenvalue weighted by Crippen LogP contribution is -2.49. The maximum absolute atomic E-state index is 13.5. The zero-order valence-corrected chi connectivity index (χ0v) is 14.7. The SMILES string of the molecule is Cc1ccc(O)c(-n2cc[n+](C[n+]3ccn(-c4cc(F)ccc4O)c3)c2)c1. The molecule has 0 aliphatic rings. The van der Waals surface area contributed by atoms with Crippen LogP contribution in [-0.4, -0.2) is 19.3 Å². The average molecular weight is 366 g/mol. The van der Waals surface area contributed by atoms with Crippen LogP contribution in [0.2, 0.25) is 0 Å². The molecule has 2 heterocycles. The number of hydrogen-bond donors (Lipinski definition) is 2. The summed E-state index contributed by atoms with van der Waals surface area (Å²) < 4.78 is 20.8. The Hall–Kier alpha value is -3.61. The van der Waals surface area contributed by atoms with Crippen molar-refractivity contribution in [2.24, 2.45) is 0 Å². The van der Waals surface area contributed by atoms with E-state index in [4.69, 9.17) is 0 Å². The normalized spacial score (nSPS) is 11.0. The molecule has 7 heteroatoms. The van der Waals surface area contributed by atoms with Crippen molar-refractivity contribution >= 4 is 0 Å². The quantitative estimate of drug-likeness (QED) is 0.544. The van der Waals surface area contributed by atoms with Crippen LogP contribution in [0.3, 0.4) is 0 Å². The second-order valence-electron chi connectivity index (χ2n) is 6.44. The standard InChI is InChI=1S/C20H17FN4O2/c1-15-2-4-19(26)17(10-15)24-8-6-22(13-24)12-23-7-9-25(14-23)18-11-16(21)3-5-20(18)27/h2-11,13-14H,12H2,1H3/p+2. The first kappa shape index (κ1) is 16.8. The summed E-state index contributed by atoms with van der Waals surface area (Å²) in [6, 6.07) is 9.28. The zero-order valence-electron chi connectivity index (χ0n) is 14.7. The molecule has 2 N–H and O–H groups in total. The van der Waals surface area contributed by atoms with Crippen molar-refractivity contribution in [2.75, 3.05) is 0 Å². The second-order valence-corrected chi connectivity index (χ2v) is 6.44. The van der Waals surface area contributed by atoms with Gasteiger partial charge in [-0.25, -0.2) is 4.39 Å². The molecule has 4 aromatic rings. The van der Waals surface area contributed by atoms with Crippen LogP contribution in [0.25, 0.3) is 11.4 Å². The van der Waals surface area contributed by atoms with Crippen LogP contribution in [0.1, 0.15) is 5.56 Å². The fourth-order valence-corrected chi connectivity index (χ4v) is 2.97. The topological polar surface area (TPSA) is 58.1 Å². The molecule has 0 saturated heterocycles. The van der Waals surface area contributed by atoms with E-state index in [-0.39, 0.29) is 11.5 Å². The molecule has 27 heavy (non-hydrogen) atoms. The van der Waals surface area contributed by atoms with Crippen LogP contribution < -0.4 is 9.13 Å². The van der Waals surface area contributed by atoms with Crippen LogP contribution in [0.15, 0.2) is 73.8 Å². The Kier molecular flexibility index (Phi) is 4.12. The fourth-order valence-electron chi connectivity index (χ4n) is 2.97. The van der Waals surface area contributed by atoms with E-state index in [0.29, 0.717) is 18.0 Å². The van der Waals surface area contributed by atoms with Gasteiger partial charge in [-0.2, -0.15) is 18.3 Å². The zero-order chi connectivity index (χ0) is 19.0. The van der Waals surface area contributed by atoms with Crippen LogP contribution in [0.5, 0.6) is 11.5 Å². The van der Waals surface area contributed by atoms with Crippen molar-refractivity contribution in [1.29, 1.82) is 0 Å². The van der Waals surface area contributed by atoms with Crippen molar-refractivity contribution in [3.63, 3.8) is 0 Å². The molecule has 4 rings (SSSR count).